The number of alkyl halides is 3. The maximum absolute atomic E-state index is 14.1. The molecule has 1 fully saturated rings. The van der Waals surface area contributed by atoms with Crippen LogP contribution in [0.4, 0.5) is 13.2 Å². The van der Waals surface area contributed by atoms with Gasteiger partial charge >= 0.3 is 17.8 Å². The van der Waals surface area contributed by atoms with E-state index in [4.69, 9.17) is 16.3 Å². The number of benzene rings is 1. The Labute approximate surface area is 165 Å². The van der Waals surface area contributed by atoms with Crippen molar-refractivity contribution in [2.24, 2.45) is 9.98 Å². The van der Waals surface area contributed by atoms with Crippen LogP contribution in [0.25, 0.3) is 0 Å². The summed E-state index contributed by atoms with van der Waals surface area (Å²) < 4.78 is 52.5. The van der Waals surface area contributed by atoms with Crippen LogP contribution in [-0.2, 0) is 14.3 Å². The zero-order valence-corrected chi connectivity index (χ0v) is 15.9. The summed E-state index contributed by atoms with van der Waals surface area (Å²) in [4.78, 5) is 21.2. The highest BCUT2D eigenvalue weighted by atomic mass is 35.5. The van der Waals surface area contributed by atoms with E-state index in [0.29, 0.717) is 18.1 Å². The first kappa shape index (κ1) is 20.4. The smallest absolute Gasteiger partial charge is 0.446 e. The molecular weight excluding hydrogens is 399 g/mol. The van der Waals surface area contributed by atoms with Gasteiger partial charge in [-0.3, -0.25) is 0 Å². The molecule has 0 saturated carbocycles. The first-order valence-corrected chi connectivity index (χ1v) is 9.27. The number of aliphatic imine (C=N–C) groups is 2. The molecule has 10 heteroatoms. The molecule has 2 aliphatic heterocycles. The van der Waals surface area contributed by atoms with E-state index < -0.39 is 17.8 Å². The van der Waals surface area contributed by atoms with Crippen LogP contribution in [0.3, 0.4) is 0 Å². The molecule has 0 aromatic heterocycles. The Balaban J connectivity index is 2.14. The summed E-state index contributed by atoms with van der Waals surface area (Å²) in [5, 5.41) is 0.291. The number of carbonyl (C=O) groups is 1. The van der Waals surface area contributed by atoms with E-state index in [-0.39, 0.29) is 24.1 Å². The third-order valence-electron chi connectivity index (χ3n) is 4.36. The Hall–Kier alpha value is -2.29. The van der Waals surface area contributed by atoms with Crippen LogP contribution in [0.1, 0.15) is 31.7 Å². The van der Waals surface area contributed by atoms with Crippen LogP contribution in [-0.4, -0.2) is 54.3 Å². The Morgan fingerprint density at radius 1 is 1.29 bits per heavy atom. The SMILES string of the molecule is CCOC(=O)C1(C(F)(F)F)N=C(c2cccc(Cl)c2)OC(N2CCCCC2)=N1. The van der Waals surface area contributed by atoms with Crippen molar-refractivity contribution in [2.75, 3.05) is 19.7 Å². The fourth-order valence-electron chi connectivity index (χ4n) is 2.97. The Morgan fingerprint density at radius 3 is 2.61 bits per heavy atom. The number of piperidine rings is 1. The number of halogens is 4. The number of nitrogens with zero attached hydrogens (tertiary/aromatic N) is 3. The van der Waals surface area contributed by atoms with E-state index in [1.54, 1.807) is 17.0 Å². The standard InChI is InChI=1S/C18H19ClF3N3O3/c1-2-27-15(26)17(18(20,21)22)23-14(12-7-6-8-13(19)11-12)28-16(24-17)25-9-4-3-5-10-25/h6-8,11H,2-5,9-10H2,1H3. The molecule has 1 atom stereocenters. The van der Waals surface area contributed by atoms with Crippen molar-refractivity contribution >= 4 is 29.5 Å². The number of amidine groups is 1. The minimum absolute atomic E-state index is 0.204. The van der Waals surface area contributed by atoms with Crippen molar-refractivity contribution in [2.45, 2.75) is 38.0 Å². The second kappa shape index (κ2) is 7.98. The molecule has 0 radical (unpaired) electrons. The van der Waals surface area contributed by atoms with Crippen molar-refractivity contribution in [1.29, 1.82) is 0 Å². The highest BCUT2D eigenvalue weighted by molar-refractivity contribution is 6.31. The fourth-order valence-corrected chi connectivity index (χ4v) is 3.16. The number of rotatable bonds is 3. The highest BCUT2D eigenvalue weighted by Crippen LogP contribution is 2.39. The number of ether oxygens (including phenoxy) is 2. The van der Waals surface area contributed by atoms with E-state index in [1.165, 1.54) is 19.1 Å². The average molecular weight is 418 g/mol. The van der Waals surface area contributed by atoms with Gasteiger partial charge in [0.15, 0.2) is 0 Å². The Morgan fingerprint density at radius 2 is 2.00 bits per heavy atom. The molecule has 0 N–H and O–H groups in total. The van der Waals surface area contributed by atoms with Crippen molar-refractivity contribution in [3.63, 3.8) is 0 Å². The minimum atomic E-state index is -5.12. The molecule has 2 heterocycles. The third kappa shape index (κ3) is 3.94. The van der Waals surface area contributed by atoms with Crippen LogP contribution in [0, 0.1) is 0 Å². The Bertz CT molecular complexity index is 807. The van der Waals surface area contributed by atoms with Crippen LogP contribution in [0.15, 0.2) is 34.3 Å². The first-order valence-electron chi connectivity index (χ1n) is 8.89. The zero-order chi connectivity index (χ0) is 20.4. The minimum Gasteiger partial charge on any atom is -0.462 e. The molecular formula is C18H19ClF3N3O3. The average Bonchev–Trinajstić information content (AvgIpc) is 2.67. The van der Waals surface area contributed by atoms with Crippen molar-refractivity contribution < 1.29 is 27.4 Å². The molecule has 0 bridgehead atoms. The van der Waals surface area contributed by atoms with Gasteiger partial charge < -0.3 is 14.4 Å². The largest absolute Gasteiger partial charge is 0.462 e. The lowest BCUT2D eigenvalue weighted by molar-refractivity contribution is -0.204. The summed E-state index contributed by atoms with van der Waals surface area (Å²) in [5.41, 5.74) is -3.22. The second-order valence-electron chi connectivity index (χ2n) is 6.36. The molecule has 6 nitrogen and oxygen atoms in total. The van der Waals surface area contributed by atoms with Crippen molar-refractivity contribution in [3.05, 3.63) is 34.9 Å². The molecule has 0 spiro atoms. The highest BCUT2D eigenvalue weighted by Gasteiger charge is 2.65. The summed E-state index contributed by atoms with van der Waals surface area (Å²) in [6.07, 6.45) is -2.59. The van der Waals surface area contributed by atoms with Crippen molar-refractivity contribution in [3.8, 4) is 0 Å². The maximum Gasteiger partial charge on any atom is 0.446 e. The van der Waals surface area contributed by atoms with Gasteiger partial charge in [-0.05, 0) is 44.4 Å². The van der Waals surface area contributed by atoms with Crippen LogP contribution in [0.5, 0.6) is 0 Å². The molecule has 0 amide bonds. The van der Waals surface area contributed by atoms with Crippen molar-refractivity contribution in [1.82, 2.24) is 4.90 Å². The van der Waals surface area contributed by atoms with Gasteiger partial charge in [0.1, 0.15) is 0 Å². The van der Waals surface area contributed by atoms with Crippen LogP contribution >= 0.6 is 11.6 Å². The second-order valence-corrected chi connectivity index (χ2v) is 6.80. The molecule has 152 valence electrons. The molecule has 1 unspecified atom stereocenters. The Kier molecular flexibility index (Phi) is 5.83. The summed E-state index contributed by atoms with van der Waals surface area (Å²) in [6, 6.07) is 5.73. The van der Waals surface area contributed by atoms with Crippen LogP contribution in [0.2, 0.25) is 5.02 Å². The van der Waals surface area contributed by atoms with Gasteiger partial charge in [0.25, 0.3) is 6.02 Å². The van der Waals surface area contributed by atoms with Gasteiger partial charge in [0.2, 0.25) is 5.90 Å². The number of carbonyl (C=O) groups excluding carboxylic acids is 1. The van der Waals surface area contributed by atoms with E-state index >= 15 is 0 Å². The summed E-state index contributed by atoms with van der Waals surface area (Å²) in [7, 11) is 0. The molecule has 1 saturated heterocycles. The third-order valence-corrected chi connectivity index (χ3v) is 4.60. The lowest BCUT2D eigenvalue weighted by Gasteiger charge is -2.35. The number of hydrogen-bond acceptors (Lipinski definition) is 6. The van der Waals surface area contributed by atoms with Gasteiger partial charge in [0, 0.05) is 23.7 Å². The number of likely N-dealkylation sites (tertiary alicyclic amines) is 1. The summed E-state index contributed by atoms with van der Waals surface area (Å²) >= 11 is 5.96. The predicted octanol–water partition coefficient (Wildman–Crippen LogP) is 3.78. The normalized spacial score (nSPS) is 22.8. The molecule has 0 aliphatic carbocycles. The first-order chi connectivity index (χ1) is 13.3. The lowest BCUT2D eigenvalue weighted by atomic mass is 10.1. The quantitative estimate of drug-likeness (QED) is 0.702. The van der Waals surface area contributed by atoms with E-state index in [2.05, 4.69) is 14.7 Å². The lowest BCUT2D eigenvalue weighted by Crippen LogP contribution is -2.55. The maximum atomic E-state index is 14.1. The fraction of sp³-hybridized carbons (Fsp3) is 0.500. The molecule has 1 aromatic carbocycles. The van der Waals surface area contributed by atoms with E-state index in [1.807, 2.05) is 0 Å². The molecule has 28 heavy (non-hydrogen) atoms. The van der Waals surface area contributed by atoms with Gasteiger partial charge in [-0.25, -0.2) is 4.79 Å². The van der Waals surface area contributed by atoms with Gasteiger partial charge in [-0.15, -0.1) is 0 Å². The predicted molar refractivity (Wildman–Crippen MR) is 97.4 cm³/mol. The van der Waals surface area contributed by atoms with E-state index in [0.717, 1.165) is 19.3 Å². The van der Waals surface area contributed by atoms with E-state index in [9.17, 15) is 18.0 Å². The van der Waals surface area contributed by atoms with Gasteiger partial charge in [-0.2, -0.15) is 23.2 Å². The van der Waals surface area contributed by atoms with Crippen LogP contribution < -0.4 is 0 Å². The molecule has 2 aliphatic rings. The summed E-state index contributed by atoms with van der Waals surface area (Å²) in [5.74, 6) is -1.98. The van der Waals surface area contributed by atoms with Gasteiger partial charge in [0.05, 0.1) is 6.61 Å². The number of hydrogen-bond donors (Lipinski definition) is 0. The topological polar surface area (TPSA) is 63.5 Å². The monoisotopic (exact) mass is 417 g/mol. The van der Waals surface area contributed by atoms with Gasteiger partial charge in [-0.1, -0.05) is 17.7 Å². The zero-order valence-electron chi connectivity index (χ0n) is 15.1. The summed E-state index contributed by atoms with van der Waals surface area (Å²) in [6.45, 7) is 2.11. The molecule has 3 rings (SSSR count). The molecule has 1 aromatic rings. The number of esters is 1.